The molecule has 5 rings (SSSR count). The first-order chi connectivity index (χ1) is 12.8. The number of rotatable bonds is 4. The Morgan fingerprint density at radius 1 is 1.15 bits per heavy atom. The number of nitrogens with one attached hydrogen (secondary N) is 1. The fourth-order valence-corrected chi connectivity index (χ4v) is 4.15. The van der Waals surface area contributed by atoms with E-state index in [1.54, 1.807) is 12.4 Å². The van der Waals surface area contributed by atoms with Crippen molar-refractivity contribution < 1.29 is 0 Å². The van der Waals surface area contributed by atoms with Gasteiger partial charge in [-0.25, -0.2) is 9.50 Å². The lowest BCUT2D eigenvalue weighted by atomic mass is 10.0. The van der Waals surface area contributed by atoms with Crippen LogP contribution in [-0.4, -0.2) is 34.6 Å². The van der Waals surface area contributed by atoms with Crippen molar-refractivity contribution in [1.29, 1.82) is 0 Å². The highest BCUT2D eigenvalue weighted by atomic mass is 15.3. The quantitative estimate of drug-likeness (QED) is 0.610. The molecule has 0 radical (unpaired) electrons. The second-order valence-corrected chi connectivity index (χ2v) is 7.00. The van der Waals surface area contributed by atoms with E-state index in [4.69, 9.17) is 4.98 Å². The van der Waals surface area contributed by atoms with Crippen LogP contribution in [0.1, 0.15) is 38.6 Å². The van der Waals surface area contributed by atoms with Gasteiger partial charge in [0.05, 0.1) is 47.7 Å². The van der Waals surface area contributed by atoms with Crippen LogP contribution < -0.4 is 0 Å². The predicted molar refractivity (Wildman–Crippen MR) is 98.5 cm³/mol. The van der Waals surface area contributed by atoms with Gasteiger partial charge in [-0.05, 0) is 24.8 Å². The largest absolute Gasteiger partial charge is 0.285 e. The maximum Gasteiger partial charge on any atom is 0.0999 e. The summed E-state index contributed by atoms with van der Waals surface area (Å²) in [5.41, 5.74) is 4.69. The van der Waals surface area contributed by atoms with Gasteiger partial charge in [-0.1, -0.05) is 19.8 Å². The van der Waals surface area contributed by atoms with Gasteiger partial charge in [-0.2, -0.15) is 15.3 Å². The van der Waals surface area contributed by atoms with E-state index in [1.165, 1.54) is 25.7 Å². The summed E-state index contributed by atoms with van der Waals surface area (Å²) in [7, 11) is 0. The van der Waals surface area contributed by atoms with Gasteiger partial charge in [0, 0.05) is 23.5 Å². The monoisotopic (exact) mass is 347 g/mol. The summed E-state index contributed by atoms with van der Waals surface area (Å²) >= 11 is 0. The van der Waals surface area contributed by atoms with Crippen molar-refractivity contribution in [3.8, 4) is 22.5 Å². The van der Waals surface area contributed by atoms with Gasteiger partial charge < -0.3 is 0 Å². The summed E-state index contributed by atoms with van der Waals surface area (Å²) in [6.07, 6.45) is 16.4. The topological polar surface area (TPSA) is 76.7 Å². The lowest BCUT2D eigenvalue weighted by Gasteiger charge is -2.18. The number of aromatic amines is 1. The van der Waals surface area contributed by atoms with E-state index in [9.17, 15) is 0 Å². The number of hydrogen-bond donors (Lipinski definition) is 1. The average molecular weight is 347 g/mol. The van der Waals surface area contributed by atoms with Crippen LogP contribution in [0.15, 0.2) is 43.2 Å². The normalized spacial score (nSPS) is 20.2. The summed E-state index contributed by atoms with van der Waals surface area (Å²) in [6.45, 7) is 2.28. The predicted octanol–water partition coefficient (Wildman–Crippen LogP) is 3.73. The second-order valence-electron chi connectivity index (χ2n) is 7.00. The van der Waals surface area contributed by atoms with Crippen molar-refractivity contribution in [2.45, 2.75) is 38.6 Å². The minimum Gasteiger partial charge on any atom is -0.285 e. The van der Waals surface area contributed by atoms with Crippen LogP contribution in [0.4, 0.5) is 0 Å². The Balaban J connectivity index is 1.60. The van der Waals surface area contributed by atoms with E-state index >= 15 is 0 Å². The summed E-state index contributed by atoms with van der Waals surface area (Å²) in [5.74, 6) is 0.725. The highest BCUT2D eigenvalue weighted by Gasteiger charge is 2.28. The molecule has 7 nitrogen and oxygen atoms in total. The molecule has 7 heteroatoms. The maximum atomic E-state index is 4.89. The number of aromatic nitrogens is 7. The van der Waals surface area contributed by atoms with Crippen molar-refractivity contribution in [1.82, 2.24) is 34.6 Å². The molecule has 1 N–H and O–H groups in total. The molecule has 4 aromatic heterocycles. The van der Waals surface area contributed by atoms with Crippen molar-refractivity contribution in [3.05, 3.63) is 43.2 Å². The van der Waals surface area contributed by atoms with E-state index in [2.05, 4.69) is 38.2 Å². The molecule has 0 spiro atoms. The van der Waals surface area contributed by atoms with Crippen LogP contribution in [0.5, 0.6) is 0 Å². The first-order valence-electron chi connectivity index (χ1n) is 9.21. The van der Waals surface area contributed by atoms with Crippen LogP contribution in [0.2, 0.25) is 0 Å². The van der Waals surface area contributed by atoms with Gasteiger partial charge in [0.25, 0.3) is 0 Å². The van der Waals surface area contributed by atoms with E-state index in [0.717, 1.165) is 33.9 Å². The number of hydrogen-bond acceptors (Lipinski definition) is 4. The number of nitrogens with zero attached hydrogens (tertiary/aromatic N) is 6. The first kappa shape index (κ1) is 15.3. The molecule has 1 aliphatic carbocycles. The Bertz CT molecular complexity index is 1030. The fourth-order valence-electron chi connectivity index (χ4n) is 4.15. The highest BCUT2D eigenvalue weighted by Crippen LogP contribution is 2.38. The van der Waals surface area contributed by atoms with Crippen LogP contribution in [-0.2, 0) is 0 Å². The Morgan fingerprint density at radius 3 is 2.96 bits per heavy atom. The van der Waals surface area contributed by atoms with Gasteiger partial charge >= 0.3 is 0 Å². The van der Waals surface area contributed by atoms with E-state index in [-0.39, 0.29) is 0 Å². The molecule has 2 atom stereocenters. The van der Waals surface area contributed by atoms with Crippen LogP contribution in [0.25, 0.3) is 28.0 Å². The van der Waals surface area contributed by atoms with Crippen molar-refractivity contribution >= 4 is 5.52 Å². The van der Waals surface area contributed by atoms with Crippen LogP contribution in [0.3, 0.4) is 0 Å². The van der Waals surface area contributed by atoms with E-state index in [1.807, 2.05) is 29.2 Å². The minimum atomic E-state index is 0.506. The summed E-state index contributed by atoms with van der Waals surface area (Å²) in [4.78, 5) is 4.89. The van der Waals surface area contributed by atoms with Crippen molar-refractivity contribution in [3.63, 3.8) is 0 Å². The zero-order chi connectivity index (χ0) is 17.5. The molecule has 4 aromatic rings. The molecule has 4 heterocycles. The molecular weight excluding hydrogens is 326 g/mol. The number of H-pyrrole nitrogens is 1. The second kappa shape index (κ2) is 6.09. The van der Waals surface area contributed by atoms with Gasteiger partial charge in [-0.15, -0.1) is 0 Å². The third-order valence-corrected chi connectivity index (χ3v) is 5.54. The lowest BCUT2D eigenvalue weighted by Crippen LogP contribution is -2.13. The molecule has 0 unspecified atom stereocenters. The molecule has 0 saturated heterocycles. The Morgan fingerprint density at radius 2 is 2.12 bits per heavy atom. The molecular formula is C19H21N7. The smallest absolute Gasteiger partial charge is 0.0999 e. The fraction of sp³-hybridized carbons (Fsp3) is 0.368. The molecule has 1 fully saturated rings. The summed E-state index contributed by atoms with van der Waals surface area (Å²) in [6, 6.07) is 2.50. The third kappa shape index (κ3) is 2.42. The van der Waals surface area contributed by atoms with Gasteiger partial charge in [0.2, 0.25) is 0 Å². The molecule has 0 aliphatic heterocycles. The highest BCUT2D eigenvalue weighted by molar-refractivity contribution is 5.78. The molecule has 26 heavy (non-hydrogen) atoms. The molecule has 0 amide bonds. The van der Waals surface area contributed by atoms with Crippen molar-refractivity contribution in [2.75, 3.05) is 0 Å². The van der Waals surface area contributed by atoms with Gasteiger partial charge in [0.1, 0.15) is 0 Å². The molecule has 0 bridgehead atoms. The Labute approximate surface area is 151 Å². The summed E-state index contributed by atoms with van der Waals surface area (Å²) < 4.78 is 4.02. The van der Waals surface area contributed by atoms with Gasteiger partial charge in [-0.3, -0.25) is 9.78 Å². The average Bonchev–Trinajstić information content (AvgIpc) is 3.47. The zero-order valence-electron chi connectivity index (χ0n) is 14.7. The van der Waals surface area contributed by atoms with Crippen LogP contribution in [0, 0.1) is 5.92 Å². The van der Waals surface area contributed by atoms with E-state index < -0.39 is 0 Å². The maximum absolute atomic E-state index is 4.89. The first-order valence-corrected chi connectivity index (χ1v) is 9.21. The van der Waals surface area contributed by atoms with Crippen molar-refractivity contribution in [2.24, 2.45) is 5.92 Å². The van der Waals surface area contributed by atoms with E-state index in [0.29, 0.717) is 6.04 Å². The minimum absolute atomic E-state index is 0.506. The molecule has 132 valence electrons. The molecule has 0 aromatic carbocycles. The molecule has 1 saturated carbocycles. The Kier molecular flexibility index (Phi) is 3.58. The zero-order valence-corrected chi connectivity index (χ0v) is 14.7. The molecule has 1 aliphatic rings. The standard InChI is InChI=1S/C19H21N7/c1-2-13-4-3-5-17(13)25-11-15(10-23-25)19-18-6-7-22-26(18)12-16(24-19)14-8-20-21-9-14/h6-13,17H,2-5H2,1H3,(H,20,21)/t13-,17+/m0/s1. The third-order valence-electron chi connectivity index (χ3n) is 5.54. The lowest BCUT2D eigenvalue weighted by molar-refractivity contribution is 0.343. The Hall–Kier alpha value is -2.96. The number of fused-ring (bicyclic) bond motifs is 1. The summed E-state index contributed by atoms with van der Waals surface area (Å²) in [5, 5.41) is 16.0. The SMILES string of the molecule is CC[C@H]1CCC[C@H]1n1cc(-c2nc(-c3cn[nH]c3)cn3nccc23)cn1. The van der Waals surface area contributed by atoms with Crippen LogP contribution >= 0.6 is 0 Å². The van der Waals surface area contributed by atoms with Gasteiger partial charge in [0.15, 0.2) is 0 Å².